The molecule has 4 nitrogen and oxygen atoms in total. The number of ether oxygens (including phenoxy) is 1. The quantitative estimate of drug-likeness (QED) is 0.775. The molecule has 0 spiro atoms. The van der Waals surface area contributed by atoms with Gasteiger partial charge in [-0.15, -0.1) is 0 Å². The number of piperazine rings is 1. The van der Waals surface area contributed by atoms with Crippen molar-refractivity contribution in [1.82, 2.24) is 9.80 Å². The highest BCUT2D eigenvalue weighted by Crippen LogP contribution is 2.14. The molecule has 1 aromatic carbocycles. The van der Waals surface area contributed by atoms with E-state index in [1.807, 2.05) is 17.0 Å². The van der Waals surface area contributed by atoms with E-state index in [2.05, 4.69) is 30.9 Å². The number of rotatable bonds is 7. The van der Waals surface area contributed by atoms with Gasteiger partial charge < -0.3 is 9.64 Å². The van der Waals surface area contributed by atoms with E-state index in [1.165, 1.54) is 5.56 Å². The first-order valence-corrected chi connectivity index (χ1v) is 8.71. The van der Waals surface area contributed by atoms with E-state index in [0.29, 0.717) is 18.2 Å². The van der Waals surface area contributed by atoms with Gasteiger partial charge >= 0.3 is 0 Å². The smallest absolute Gasteiger partial charge is 0.222 e. The zero-order chi connectivity index (χ0) is 16.7. The van der Waals surface area contributed by atoms with Gasteiger partial charge in [0, 0.05) is 32.6 Å². The summed E-state index contributed by atoms with van der Waals surface area (Å²) in [5, 5.41) is 0. The Bertz CT molecular complexity index is 494. The van der Waals surface area contributed by atoms with E-state index < -0.39 is 0 Å². The van der Waals surface area contributed by atoms with Gasteiger partial charge in [-0.3, -0.25) is 9.69 Å². The van der Waals surface area contributed by atoms with Crippen LogP contribution in [0.3, 0.4) is 0 Å². The SMILES string of the molecule is COc1cccc(CCCN2CCN(C(=O)CC(C)C)CC2)c1. The number of hydrogen-bond acceptors (Lipinski definition) is 3. The fourth-order valence-corrected chi connectivity index (χ4v) is 3.03. The molecule has 0 unspecified atom stereocenters. The molecule has 23 heavy (non-hydrogen) atoms. The van der Waals surface area contributed by atoms with Crippen LogP contribution in [0.4, 0.5) is 0 Å². The molecule has 0 N–H and O–H groups in total. The Balaban J connectivity index is 1.67. The number of aryl methyl sites for hydroxylation is 1. The monoisotopic (exact) mass is 318 g/mol. The van der Waals surface area contributed by atoms with Crippen molar-refractivity contribution in [2.45, 2.75) is 33.1 Å². The lowest BCUT2D eigenvalue weighted by molar-refractivity contribution is -0.133. The van der Waals surface area contributed by atoms with Crippen LogP contribution in [-0.2, 0) is 11.2 Å². The summed E-state index contributed by atoms with van der Waals surface area (Å²) in [6, 6.07) is 8.30. The Morgan fingerprint density at radius 3 is 2.61 bits per heavy atom. The summed E-state index contributed by atoms with van der Waals surface area (Å²) >= 11 is 0. The zero-order valence-electron chi connectivity index (χ0n) is 14.8. The molecule has 128 valence electrons. The average molecular weight is 318 g/mol. The van der Waals surface area contributed by atoms with E-state index >= 15 is 0 Å². The number of nitrogens with zero attached hydrogens (tertiary/aromatic N) is 2. The zero-order valence-corrected chi connectivity index (χ0v) is 14.8. The number of hydrogen-bond donors (Lipinski definition) is 0. The molecule has 0 saturated carbocycles. The van der Waals surface area contributed by atoms with Gasteiger partial charge in [-0.1, -0.05) is 26.0 Å². The molecule has 0 aromatic heterocycles. The van der Waals surface area contributed by atoms with Crippen LogP contribution in [0, 0.1) is 5.92 Å². The van der Waals surface area contributed by atoms with Gasteiger partial charge in [0.1, 0.15) is 5.75 Å². The minimum atomic E-state index is 0.316. The summed E-state index contributed by atoms with van der Waals surface area (Å²) in [6.07, 6.45) is 2.90. The minimum Gasteiger partial charge on any atom is -0.497 e. The second kappa shape index (κ2) is 8.92. The Morgan fingerprint density at radius 2 is 1.96 bits per heavy atom. The van der Waals surface area contributed by atoms with Crippen molar-refractivity contribution >= 4 is 5.91 Å². The Hall–Kier alpha value is -1.55. The van der Waals surface area contributed by atoms with Crippen LogP contribution in [0.25, 0.3) is 0 Å². The van der Waals surface area contributed by atoms with Gasteiger partial charge in [0.2, 0.25) is 5.91 Å². The van der Waals surface area contributed by atoms with Crippen LogP contribution in [0.5, 0.6) is 5.75 Å². The van der Waals surface area contributed by atoms with Crippen molar-refractivity contribution < 1.29 is 9.53 Å². The first-order chi connectivity index (χ1) is 11.1. The maximum absolute atomic E-state index is 12.1. The molecule has 0 atom stereocenters. The maximum atomic E-state index is 12.1. The molecule has 4 heteroatoms. The lowest BCUT2D eigenvalue weighted by atomic mass is 10.1. The van der Waals surface area contributed by atoms with E-state index in [-0.39, 0.29) is 0 Å². The molecule has 2 rings (SSSR count). The van der Waals surface area contributed by atoms with Crippen molar-refractivity contribution in [2.75, 3.05) is 39.8 Å². The average Bonchev–Trinajstić information content (AvgIpc) is 2.55. The number of methoxy groups -OCH3 is 1. The summed E-state index contributed by atoms with van der Waals surface area (Å²) in [5.74, 6) is 1.69. The summed E-state index contributed by atoms with van der Waals surface area (Å²) in [4.78, 5) is 16.6. The summed E-state index contributed by atoms with van der Waals surface area (Å²) in [5.41, 5.74) is 1.33. The van der Waals surface area contributed by atoms with E-state index in [9.17, 15) is 4.79 Å². The van der Waals surface area contributed by atoms with Crippen molar-refractivity contribution in [3.8, 4) is 5.75 Å². The third-order valence-electron chi connectivity index (χ3n) is 4.38. The topological polar surface area (TPSA) is 32.8 Å². The Morgan fingerprint density at radius 1 is 1.22 bits per heavy atom. The number of benzene rings is 1. The highest BCUT2D eigenvalue weighted by molar-refractivity contribution is 5.76. The molecule has 0 aliphatic carbocycles. The lowest BCUT2D eigenvalue weighted by Crippen LogP contribution is -2.49. The third kappa shape index (κ3) is 5.87. The number of carbonyl (C=O) groups excluding carboxylic acids is 1. The Labute approximate surface area is 140 Å². The predicted molar refractivity (Wildman–Crippen MR) is 93.8 cm³/mol. The number of amides is 1. The normalized spacial score (nSPS) is 15.9. The molecule has 0 bridgehead atoms. The summed E-state index contributed by atoms with van der Waals surface area (Å²) in [6.45, 7) is 9.07. The van der Waals surface area contributed by atoms with E-state index in [0.717, 1.165) is 51.3 Å². The van der Waals surface area contributed by atoms with Crippen LogP contribution in [0.1, 0.15) is 32.3 Å². The highest BCUT2D eigenvalue weighted by Gasteiger charge is 2.21. The van der Waals surface area contributed by atoms with E-state index in [4.69, 9.17) is 4.74 Å². The van der Waals surface area contributed by atoms with Crippen molar-refractivity contribution in [1.29, 1.82) is 0 Å². The first kappa shape index (κ1) is 17.8. The van der Waals surface area contributed by atoms with Gasteiger partial charge in [-0.2, -0.15) is 0 Å². The van der Waals surface area contributed by atoms with Crippen molar-refractivity contribution in [3.05, 3.63) is 29.8 Å². The van der Waals surface area contributed by atoms with Gasteiger partial charge in [-0.05, 0) is 43.0 Å². The van der Waals surface area contributed by atoms with Crippen LogP contribution in [0.2, 0.25) is 0 Å². The molecule has 0 radical (unpaired) electrons. The van der Waals surface area contributed by atoms with Crippen LogP contribution in [0.15, 0.2) is 24.3 Å². The molecule has 1 fully saturated rings. The standard InChI is InChI=1S/C19H30N2O2/c1-16(2)14-19(22)21-12-10-20(11-13-21)9-5-7-17-6-4-8-18(15-17)23-3/h4,6,8,15-16H,5,7,9-14H2,1-3H3. The molecular formula is C19H30N2O2. The number of carbonyl (C=O) groups is 1. The molecule has 1 amide bonds. The predicted octanol–water partition coefficient (Wildman–Crippen LogP) is 2.82. The molecule has 1 heterocycles. The van der Waals surface area contributed by atoms with Gasteiger partial charge in [-0.25, -0.2) is 0 Å². The molecular weight excluding hydrogens is 288 g/mol. The van der Waals surface area contributed by atoms with Crippen LogP contribution < -0.4 is 4.74 Å². The third-order valence-corrected chi connectivity index (χ3v) is 4.38. The fourth-order valence-electron chi connectivity index (χ4n) is 3.03. The van der Waals surface area contributed by atoms with Crippen molar-refractivity contribution in [3.63, 3.8) is 0 Å². The molecule has 1 aliphatic heterocycles. The van der Waals surface area contributed by atoms with Crippen LogP contribution in [-0.4, -0.2) is 55.5 Å². The largest absolute Gasteiger partial charge is 0.497 e. The molecule has 1 saturated heterocycles. The van der Waals surface area contributed by atoms with Crippen LogP contribution >= 0.6 is 0 Å². The first-order valence-electron chi connectivity index (χ1n) is 8.71. The second-order valence-corrected chi connectivity index (χ2v) is 6.78. The summed E-state index contributed by atoms with van der Waals surface area (Å²) < 4.78 is 5.26. The minimum absolute atomic E-state index is 0.316. The maximum Gasteiger partial charge on any atom is 0.222 e. The molecule has 1 aliphatic rings. The molecule has 1 aromatic rings. The summed E-state index contributed by atoms with van der Waals surface area (Å²) in [7, 11) is 1.71. The van der Waals surface area contributed by atoms with Crippen molar-refractivity contribution in [2.24, 2.45) is 5.92 Å². The van der Waals surface area contributed by atoms with Gasteiger partial charge in [0.25, 0.3) is 0 Å². The second-order valence-electron chi connectivity index (χ2n) is 6.78. The van der Waals surface area contributed by atoms with Gasteiger partial charge in [0.05, 0.1) is 7.11 Å². The lowest BCUT2D eigenvalue weighted by Gasteiger charge is -2.35. The highest BCUT2D eigenvalue weighted by atomic mass is 16.5. The van der Waals surface area contributed by atoms with Gasteiger partial charge in [0.15, 0.2) is 0 Å². The van der Waals surface area contributed by atoms with E-state index in [1.54, 1.807) is 7.11 Å². The fraction of sp³-hybridized carbons (Fsp3) is 0.632. The Kier molecular flexibility index (Phi) is 6.90.